The molecule has 0 atom stereocenters. The first-order valence-electron chi connectivity index (χ1n) is 9.23. The van der Waals surface area contributed by atoms with Gasteiger partial charge in [-0.25, -0.2) is 4.98 Å². The summed E-state index contributed by atoms with van der Waals surface area (Å²) in [4.78, 5) is 11.5. The molecule has 1 aliphatic carbocycles. The van der Waals surface area contributed by atoms with E-state index in [-0.39, 0.29) is 0 Å². The van der Waals surface area contributed by atoms with Gasteiger partial charge in [-0.15, -0.1) is 0 Å². The van der Waals surface area contributed by atoms with Crippen LogP contribution in [0.3, 0.4) is 0 Å². The number of benzene rings is 1. The van der Waals surface area contributed by atoms with Crippen LogP contribution < -0.4 is 10.2 Å². The van der Waals surface area contributed by atoms with Crippen LogP contribution in [-0.4, -0.2) is 39.8 Å². The molecular weight excluding hydrogens is 312 g/mol. The third kappa shape index (κ3) is 4.10. The molecule has 4 rings (SSSR count). The van der Waals surface area contributed by atoms with Gasteiger partial charge in [0.05, 0.1) is 5.60 Å². The van der Waals surface area contributed by atoms with Gasteiger partial charge in [0.25, 0.3) is 0 Å². The van der Waals surface area contributed by atoms with Crippen molar-refractivity contribution < 1.29 is 5.11 Å². The van der Waals surface area contributed by atoms with E-state index in [9.17, 15) is 5.11 Å². The monoisotopic (exact) mass is 338 g/mol. The Bertz CT molecular complexity index is 722. The van der Waals surface area contributed by atoms with Gasteiger partial charge in [-0.1, -0.05) is 30.3 Å². The lowest BCUT2D eigenvalue weighted by Gasteiger charge is -2.38. The minimum Gasteiger partial charge on any atom is -0.389 e. The number of aryl methyl sites for hydroxylation is 1. The van der Waals surface area contributed by atoms with Crippen LogP contribution in [0.2, 0.25) is 0 Å². The SMILES string of the molecule is Cc1cc(NC2CC2)nc(N2CCC(O)(Cc3ccccc3)CC2)n1. The lowest BCUT2D eigenvalue weighted by molar-refractivity contribution is 0.0163. The average Bonchev–Trinajstić information content (AvgIpc) is 3.39. The number of aromatic nitrogens is 2. The second kappa shape index (κ2) is 6.64. The van der Waals surface area contributed by atoms with Gasteiger partial charge in [-0.2, -0.15) is 4.98 Å². The first kappa shape index (κ1) is 16.3. The summed E-state index contributed by atoms with van der Waals surface area (Å²) < 4.78 is 0. The van der Waals surface area contributed by atoms with Gasteiger partial charge in [0.15, 0.2) is 0 Å². The molecule has 2 N–H and O–H groups in total. The summed E-state index contributed by atoms with van der Waals surface area (Å²) in [6.07, 6.45) is 4.66. The molecule has 0 bridgehead atoms. The van der Waals surface area contributed by atoms with E-state index in [0.29, 0.717) is 12.5 Å². The molecule has 2 aliphatic rings. The molecule has 1 aromatic heterocycles. The van der Waals surface area contributed by atoms with E-state index in [4.69, 9.17) is 4.98 Å². The minimum atomic E-state index is -0.628. The molecule has 1 saturated heterocycles. The van der Waals surface area contributed by atoms with Crippen LogP contribution in [0.5, 0.6) is 0 Å². The van der Waals surface area contributed by atoms with E-state index in [0.717, 1.165) is 43.4 Å². The van der Waals surface area contributed by atoms with Crippen LogP contribution in [0.25, 0.3) is 0 Å². The molecule has 0 unspecified atom stereocenters. The second-order valence-corrected chi connectivity index (χ2v) is 7.49. The Morgan fingerprint density at radius 2 is 1.88 bits per heavy atom. The first-order valence-corrected chi connectivity index (χ1v) is 9.23. The highest BCUT2D eigenvalue weighted by atomic mass is 16.3. The van der Waals surface area contributed by atoms with E-state index in [1.165, 1.54) is 18.4 Å². The quantitative estimate of drug-likeness (QED) is 0.878. The van der Waals surface area contributed by atoms with E-state index in [1.54, 1.807) is 0 Å². The van der Waals surface area contributed by atoms with E-state index < -0.39 is 5.60 Å². The van der Waals surface area contributed by atoms with Crippen LogP contribution in [0.4, 0.5) is 11.8 Å². The molecule has 25 heavy (non-hydrogen) atoms. The zero-order chi connectivity index (χ0) is 17.3. The molecule has 5 heteroatoms. The number of aliphatic hydroxyl groups is 1. The highest BCUT2D eigenvalue weighted by Crippen LogP contribution is 2.29. The highest BCUT2D eigenvalue weighted by molar-refractivity contribution is 5.45. The van der Waals surface area contributed by atoms with Crippen molar-refractivity contribution in [3.63, 3.8) is 0 Å². The number of hydrogen-bond donors (Lipinski definition) is 2. The molecular formula is C20H26N4O. The molecule has 0 amide bonds. The number of rotatable bonds is 5. The fourth-order valence-electron chi connectivity index (χ4n) is 3.48. The van der Waals surface area contributed by atoms with Gasteiger partial charge in [-0.05, 0) is 38.2 Å². The Morgan fingerprint density at radius 1 is 1.16 bits per heavy atom. The van der Waals surface area contributed by atoms with Crippen LogP contribution in [0.1, 0.15) is 36.9 Å². The van der Waals surface area contributed by atoms with Gasteiger partial charge in [0, 0.05) is 37.3 Å². The maximum Gasteiger partial charge on any atom is 0.227 e. The summed E-state index contributed by atoms with van der Waals surface area (Å²) in [7, 11) is 0. The smallest absolute Gasteiger partial charge is 0.227 e. The van der Waals surface area contributed by atoms with E-state index in [2.05, 4.69) is 27.3 Å². The third-order valence-electron chi connectivity index (χ3n) is 5.12. The Hall–Kier alpha value is -2.14. The van der Waals surface area contributed by atoms with Crippen molar-refractivity contribution in [3.8, 4) is 0 Å². The Morgan fingerprint density at radius 3 is 2.56 bits per heavy atom. The maximum absolute atomic E-state index is 10.9. The zero-order valence-electron chi connectivity index (χ0n) is 14.8. The van der Waals surface area contributed by atoms with Gasteiger partial charge in [0.2, 0.25) is 5.95 Å². The van der Waals surface area contributed by atoms with Crippen LogP contribution >= 0.6 is 0 Å². The molecule has 5 nitrogen and oxygen atoms in total. The topological polar surface area (TPSA) is 61.3 Å². The van der Waals surface area contributed by atoms with Gasteiger partial charge < -0.3 is 15.3 Å². The summed E-state index contributed by atoms with van der Waals surface area (Å²) >= 11 is 0. The summed E-state index contributed by atoms with van der Waals surface area (Å²) in [5, 5.41) is 14.4. The van der Waals surface area contributed by atoms with E-state index >= 15 is 0 Å². The standard InChI is InChI=1S/C20H26N4O/c1-15-13-18(22-17-7-8-17)23-19(21-15)24-11-9-20(25,10-12-24)14-16-5-3-2-4-6-16/h2-6,13,17,25H,7-12,14H2,1H3,(H,21,22,23). The lowest BCUT2D eigenvalue weighted by Crippen LogP contribution is -2.46. The molecule has 132 valence electrons. The number of anilines is 2. The number of nitrogens with one attached hydrogen (secondary N) is 1. The lowest BCUT2D eigenvalue weighted by atomic mass is 9.85. The fourth-order valence-corrected chi connectivity index (χ4v) is 3.48. The summed E-state index contributed by atoms with van der Waals surface area (Å²) in [6.45, 7) is 3.59. The van der Waals surface area contributed by atoms with Crippen LogP contribution in [0, 0.1) is 6.92 Å². The zero-order valence-corrected chi connectivity index (χ0v) is 14.8. The molecule has 0 radical (unpaired) electrons. The van der Waals surface area contributed by atoms with Crippen molar-refractivity contribution in [2.24, 2.45) is 0 Å². The van der Waals surface area contributed by atoms with Gasteiger partial charge in [0.1, 0.15) is 5.82 Å². The predicted molar refractivity (Wildman–Crippen MR) is 100.0 cm³/mol. The molecule has 1 saturated carbocycles. The van der Waals surface area contributed by atoms with E-state index in [1.807, 2.05) is 31.2 Å². The number of nitrogens with zero attached hydrogens (tertiary/aromatic N) is 3. The van der Waals surface area contributed by atoms with Crippen molar-refractivity contribution in [1.29, 1.82) is 0 Å². The molecule has 2 fully saturated rings. The first-order chi connectivity index (χ1) is 12.1. The Labute approximate surface area is 149 Å². The highest BCUT2D eigenvalue weighted by Gasteiger charge is 2.33. The molecule has 1 aliphatic heterocycles. The van der Waals surface area contributed by atoms with Gasteiger partial charge in [-0.3, -0.25) is 0 Å². The summed E-state index contributed by atoms with van der Waals surface area (Å²) in [5.41, 5.74) is 1.55. The molecule has 2 heterocycles. The van der Waals surface area contributed by atoms with Crippen molar-refractivity contribution in [2.45, 2.75) is 50.7 Å². The second-order valence-electron chi connectivity index (χ2n) is 7.49. The van der Waals surface area contributed by atoms with Gasteiger partial charge >= 0.3 is 0 Å². The molecule has 1 aromatic carbocycles. The average molecular weight is 338 g/mol. The Balaban J connectivity index is 1.42. The van der Waals surface area contributed by atoms with Crippen LogP contribution in [-0.2, 0) is 6.42 Å². The van der Waals surface area contributed by atoms with Crippen molar-refractivity contribution in [3.05, 3.63) is 47.7 Å². The molecule has 0 spiro atoms. The van der Waals surface area contributed by atoms with Crippen molar-refractivity contribution >= 4 is 11.8 Å². The predicted octanol–water partition coefficient (Wildman–Crippen LogP) is 2.93. The minimum absolute atomic E-state index is 0.583. The van der Waals surface area contributed by atoms with Crippen LogP contribution in [0.15, 0.2) is 36.4 Å². The van der Waals surface area contributed by atoms with Crippen molar-refractivity contribution in [2.75, 3.05) is 23.3 Å². The van der Waals surface area contributed by atoms with Crippen molar-refractivity contribution in [1.82, 2.24) is 9.97 Å². The Kier molecular flexibility index (Phi) is 4.34. The summed E-state index contributed by atoms with van der Waals surface area (Å²) in [6, 6.07) is 12.8. The normalized spacial score (nSPS) is 19.7. The maximum atomic E-state index is 10.9. The number of piperidine rings is 1. The number of hydrogen-bond acceptors (Lipinski definition) is 5. The molecule has 2 aromatic rings. The fraction of sp³-hybridized carbons (Fsp3) is 0.500. The summed E-state index contributed by atoms with van der Waals surface area (Å²) in [5.74, 6) is 1.71. The largest absolute Gasteiger partial charge is 0.389 e. The third-order valence-corrected chi connectivity index (χ3v) is 5.12.